The lowest BCUT2D eigenvalue weighted by Gasteiger charge is -2.23. The van der Waals surface area contributed by atoms with Gasteiger partial charge in [0.25, 0.3) is 11.8 Å². The van der Waals surface area contributed by atoms with Gasteiger partial charge in [0.1, 0.15) is 0 Å². The predicted molar refractivity (Wildman–Crippen MR) is 136 cm³/mol. The van der Waals surface area contributed by atoms with Crippen molar-refractivity contribution in [3.8, 4) is 0 Å². The number of hydrogen-bond donors (Lipinski definition) is 4. The molecule has 1 saturated carbocycles. The SMILES string of the molecule is Cc1cc(C(=O)NC2CCCCC2)ccc1NCC(=O)Nc1ccccc1C(=O)NCC(C)C. The maximum absolute atomic E-state index is 12.6. The highest BCUT2D eigenvalue weighted by atomic mass is 16.2. The highest BCUT2D eigenvalue weighted by molar-refractivity contribution is 6.04. The zero-order valence-electron chi connectivity index (χ0n) is 20.4. The molecule has 182 valence electrons. The first kappa shape index (κ1) is 25.3. The summed E-state index contributed by atoms with van der Waals surface area (Å²) in [4.78, 5) is 37.6. The van der Waals surface area contributed by atoms with Gasteiger partial charge in [-0.15, -0.1) is 0 Å². The zero-order chi connectivity index (χ0) is 24.5. The van der Waals surface area contributed by atoms with E-state index in [1.54, 1.807) is 30.3 Å². The fourth-order valence-corrected chi connectivity index (χ4v) is 4.07. The molecule has 1 aliphatic rings. The summed E-state index contributed by atoms with van der Waals surface area (Å²) in [5.74, 6) is -0.187. The van der Waals surface area contributed by atoms with Gasteiger partial charge >= 0.3 is 0 Å². The lowest BCUT2D eigenvalue weighted by molar-refractivity contribution is -0.114. The van der Waals surface area contributed by atoms with Crippen molar-refractivity contribution >= 4 is 29.1 Å². The van der Waals surface area contributed by atoms with Gasteiger partial charge in [0.05, 0.1) is 17.8 Å². The molecule has 0 aromatic heterocycles. The van der Waals surface area contributed by atoms with Crippen LogP contribution in [0.2, 0.25) is 0 Å². The first-order valence-electron chi connectivity index (χ1n) is 12.2. The van der Waals surface area contributed by atoms with E-state index in [0.29, 0.717) is 29.3 Å². The number of carbonyl (C=O) groups excluding carboxylic acids is 3. The standard InChI is InChI=1S/C27H36N4O3/c1-18(2)16-29-27(34)22-11-7-8-12-24(22)31-25(32)17-28-23-14-13-20(15-19(23)3)26(33)30-21-9-5-4-6-10-21/h7-8,11-15,18,21,28H,4-6,9-10,16-17H2,1-3H3,(H,29,34)(H,30,33)(H,31,32). The number of rotatable bonds is 9. The molecule has 3 amide bonds. The van der Waals surface area contributed by atoms with Crippen LogP contribution in [-0.2, 0) is 4.79 Å². The second-order valence-corrected chi connectivity index (χ2v) is 9.39. The number of hydrogen-bond acceptors (Lipinski definition) is 4. The molecule has 7 nitrogen and oxygen atoms in total. The molecule has 0 heterocycles. The van der Waals surface area contributed by atoms with E-state index < -0.39 is 0 Å². The van der Waals surface area contributed by atoms with E-state index in [4.69, 9.17) is 0 Å². The van der Waals surface area contributed by atoms with E-state index in [2.05, 4.69) is 21.3 Å². The molecule has 0 unspecified atom stereocenters. The molecule has 0 aliphatic heterocycles. The Bertz CT molecular complexity index is 1010. The van der Waals surface area contributed by atoms with Crippen LogP contribution < -0.4 is 21.3 Å². The van der Waals surface area contributed by atoms with Crippen molar-refractivity contribution in [3.05, 3.63) is 59.2 Å². The number of carbonyl (C=O) groups is 3. The molecular weight excluding hydrogens is 428 g/mol. The third-order valence-corrected chi connectivity index (χ3v) is 5.99. The molecule has 1 fully saturated rings. The molecule has 1 aliphatic carbocycles. The lowest BCUT2D eigenvalue weighted by atomic mass is 9.95. The Kier molecular flexibility index (Phi) is 9.08. The van der Waals surface area contributed by atoms with Crippen LogP contribution in [0.3, 0.4) is 0 Å². The normalized spacial score (nSPS) is 13.9. The molecule has 0 atom stereocenters. The summed E-state index contributed by atoms with van der Waals surface area (Å²) >= 11 is 0. The first-order valence-corrected chi connectivity index (χ1v) is 12.2. The van der Waals surface area contributed by atoms with Gasteiger partial charge in [-0.3, -0.25) is 14.4 Å². The average Bonchev–Trinajstić information content (AvgIpc) is 2.82. The minimum atomic E-state index is -0.261. The number of benzene rings is 2. The number of anilines is 2. The summed E-state index contributed by atoms with van der Waals surface area (Å²) < 4.78 is 0. The lowest BCUT2D eigenvalue weighted by Crippen LogP contribution is -2.36. The number of aryl methyl sites for hydroxylation is 1. The highest BCUT2D eigenvalue weighted by Gasteiger charge is 2.17. The second kappa shape index (κ2) is 12.2. The third-order valence-electron chi connectivity index (χ3n) is 5.99. The fourth-order valence-electron chi connectivity index (χ4n) is 4.07. The summed E-state index contributed by atoms with van der Waals surface area (Å²) in [5.41, 5.74) is 3.20. The van der Waals surface area contributed by atoms with Crippen molar-refractivity contribution in [3.63, 3.8) is 0 Å². The van der Waals surface area contributed by atoms with Crippen LogP contribution in [0.4, 0.5) is 11.4 Å². The van der Waals surface area contributed by atoms with Crippen LogP contribution in [0, 0.1) is 12.8 Å². The Morgan fingerprint density at radius 1 is 0.941 bits per heavy atom. The molecule has 0 spiro atoms. The average molecular weight is 465 g/mol. The molecule has 0 saturated heterocycles. The molecule has 0 bridgehead atoms. The van der Waals surface area contributed by atoms with E-state index in [1.807, 2.05) is 32.9 Å². The van der Waals surface area contributed by atoms with Crippen LogP contribution >= 0.6 is 0 Å². The van der Waals surface area contributed by atoms with Crippen molar-refractivity contribution in [2.24, 2.45) is 5.92 Å². The third kappa shape index (κ3) is 7.33. The minimum Gasteiger partial charge on any atom is -0.376 e. The summed E-state index contributed by atoms with van der Waals surface area (Å²) in [6.07, 6.45) is 5.67. The Labute approximate surface area is 202 Å². The summed E-state index contributed by atoms with van der Waals surface area (Å²) in [5, 5.41) is 12.0. The van der Waals surface area contributed by atoms with E-state index >= 15 is 0 Å². The number of amides is 3. The van der Waals surface area contributed by atoms with Crippen LogP contribution in [0.15, 0.2) is 42.5 Å². The van der Waals surface area contributed by atoms with E-state index in [0.717, 1.165) is 24.1 Å². The van der Waals surface area contributed by atoms with Crippen LogP contribution in [-0.4, -0.2) is 36.9 Å². The fraction of sp³-hybridized carbons (Fsp3) is 0.444. The summed E-state index contributed by atoms with van der Waals surface area (Å²) in [6, 6.07) is 12.7. The maximum Gasteiger partial charge on any atom is 0.253 e. The van der Waals surface area contributed by atoms with Gasteiger partial charge < -0.3 is 21.3 Å². The Morgan fingerprint density at radius 3 is 2.38 bits per heavy atom. The van der Waals surface area contributed by atoms with Crippen LogP contribution in [0.1, 0.15) is 72.2 Å². The topological polar surface area (TPSA) is 99.3 Å². The van der Waals surface area contributed by atoms with Crippen LogP contribution in [0.5, 0.6) is 0 Å². The summed E-state index contributed by atoms with van der Waals surface area (Å²) in [6.45, 7) is 6.56. The van der Waals surface area contributed by atoms with Crippen molar-refractivity contribution < 1.29 is 14.4 Å². The Hall–Kier alpha value is -3.35. The minimum absolute atomic E-state index is 0.0381. The zero-order valence-corrected chi connectivity index (χ0v) is 20.4. The Morgan fingerprint density at radius 2 is 1.68 bits per heavy atom. The molecule has 34 heavy (non-hydrogen) atoms. The summed E-state index contributed by atoms with van der Waals surface area (Å²) in [7, 11) is 0. The largest absolute Gasteiger partial charge is 0.376 e. The molecule has 7 heteroatoms. The van der Waals surface area contributed by atoms with E-state index in [-0.39, 0.29) is 30.3 Å². The van der Waals surface area contributed by atoms with E-state index in [1.165, 1.54) is 19.3 Å². The molecule has 3 rings (SSSR count). The van der Waals surface area contributed by atoms with Gasteiger partial charge in [-0.05, 0) is 61.6 Å². The first-order chi connectivity index (χ1) is 16.3. The molecule has 0 radical (unpaired) electrons. The Balaban J connectivity index is 1.55. The second-order valence-electron chi connectivity index (χ2n) is 9.39. The highest BCUT2D eigenvalue weighted by Crippen LogP contribution is 2.20. The van der Waals surface area contributed by atoms with Crippen molar-refractivity contribution in [2.75, 3.05) is 23.7 Å². The van der Waals surface area contributed by atoms with Gasteiger partial charge in [0, 0.05) is 23.8 Å². The monoisotopic (exact) mass is 464 g/mol. The molecular formula is C27H36N4O3. The molecule has 2 aromatic carbocycles. The van der Waals surface area contributed by atoms with Gasteiger partial charge in [-0.2, -0.15) is 0 Å². The maximum atomic E-state index is 12.6. The van der Waals surface area contributed by atoms with Crippen molar-refractivity contribution in [2.45, 2.75) is 58.9 Å². The van der Waals surface area contributed by atoms with Gasteiger partial charge in [0.2, 0.25) is 5.91 Å². The number of para-hydroxylation sites is 1. The molecule has 4 N–H and O–H groups in total. The van der Waals surface area contributed by atoms with Crippen molar-refractivity contribution in [1.29, 1.82) is 0 Å². The number of nitrogens with one attached hydrogen (secondary N) is 4. The van der Waals surface area contributed by atoms with Crippen molar-refractivity contribution in [1.82, 2.24) is 10.6 Å². The van der Waals surface area contributed by atoms with E-state index in [9.17, 15) is 14.4 Å². The predicted octanol–water partition coefficient (Wildman–Crippen LogP) is 4.49. The molecule has 2 aromatic rings. The smallest absolute Gasteiger partial charge is 0.253 e. The van der Waals surface area contributed by atoms with Crippen LogP contribution in [0.25, 0.3) is 0 Å². The van der Waals surface area contributed by atoms with Gasteiger partial charge in [0.15, 0.2) is 0 Å². The van der Waals surface area contributed by atoms with Gasteiger partial charge in [-0.25, -0.2) is 0 Å². The quantitative estimate of drug-likeness (QED) is 0.439. The van der Waals surface area contributed by atoms with Gasteiger partial charge in [-0.1, -0.05) is 45.2 Å².